The predicted octanol–water partition coefficient (Wildman–Crippen LogP) is 2.69. The van der Waals surface area contributed by atoms with Crippen molar-refractivity contribution in [3.05, 3.63) is 30.7 Å². The van der Waals surface area contributed by atoms with Crippen molar-refractivity contribution in [2.75, 3.05) is 31.6 Å². The summed E-state index contributed by atoms with van der Waals surface area (Å²) in [6.45, 7) is 4.37. The van der Waals surface area contributed by atoms with E-state index in [4.69, 9.17) is 4.74 Å². The number of likely N-dealkylation sites (tertiary alicyclic amines) is 1. The number of hydrogen-bond acceptors (Lipinski definition) is 5. The van der Waals surface area contributed by atoms with E-state index in [0.717, 1.165) is 34.8 Å². The van der Waals surface area contributed by atoms with Gasteiger partial charge in [0.2, 0.25) is 5.91 Å². The largest absolute Gasteiger partial charge is 0.381 e. The van der Waals surface area contributed by atoms with Crippen molar-refractivity contribution in [1.29, 1.82) is 0 Å². The quantitative estimate of drug-likeness (QED) is 0.783. The van der Waals surface area contributed by atoms with Gasteiger partial charge in [0.1, 0.15) is 17.8 Å². The molecule has 4 rings (SSSR count). The molecule has 0 aromatic carbocycles. The summed E-state index contributed by atoms with van der Waals surface area (Å²) in [5, 5.41) is 3.97. The lowest BCUT2D eigenvalue weighted by Crippen LogP contribution is -2.53. The molecule has 28 heavy (non-hydrogen) atoms. The Balaban J connectivity index is 1.62. The second-order valence-corrected chi connectivity index (χ2v) is 7.40. The fourth-order valence-corrected chi connectivity index (χ4v) is 4.11. The van der Waals surface area contributed by atoms with Gasteiger partial charge in [0.25, 0.3) is 5.92 Å². The van der Waals surface area contributed by atoms with E-state index < -0.39 is 24.4 Å². The van der Waals surface area contributed by atoms with Gasteiger partial charge in [0.05, 0.1) is 18.0 Å². The fourth-order valence-electron chi connectivity index (χ4n) is 4.11. The standard InChI is InChI=1S/C19H23F2N5O2/c1-2-15(27)26-9-13(7-19(20,21)10-26)25-18-16-14(12-3-5-28-6-4-12)8-22-17(16)23-11-24-18/h2,8,11-13H,1,3-7,9-10H2,(H2,22,23,24,25)/t13-/m1/s1. The van der Waals surface area contributed by atoms with Crippen molar-refractivity contribution in [3.63, 3.8) is 0 Å². The lowest BCUT2D eigenvalue weighted by atomic mass is 9.92. The molecule has 2 aromatic heterocycles. The van der Waals surface area contributed by atoms with Crippen LogP contribution in [0, 0.1) is 0 Å². The van der Waals surface area contributed by atoms with Crippen LogP contribution in [0.3, 0.4) is 0 Å². The van der Waals surface area contributed by atoms with E-state index in [0.29, 0.717) is 30.6 Å². The highest BCUT2D eigenvalue weighted by Crippen LogP contribution is 2.36. The van der Waals surface area contributed by atoms with Crippen LogP contribution in [0.15, 0.2) is 25.2 Å². The van der Waals surface area contributed by atoms with Gasteiger partial charge in [-0.05, 0) is 30.4 Å². The number of aromatic amines is 1. The highest BCUT2D eigenvalue weighted by molar-refractivity contribution is 5.91. The molecule has 0 spiro atoms. The smallest absolute Gasteiger partial charge is 0.267 e. The Morgan fingerprint density at radius 3 is 2.93 bits per heavy atom. The molecule has 2 saturated heterocycles. The van der Waals surface area contributed by atoms with Gasteiger partial charge in [0, 0.05) is 32.4 Å². The van der Waals surface area contributed by atoms with Gasteiger partial charge in [-0.1, -0.05) is 6.58 Å². The second-order valence-electron chi connectivity index (χ2n) is 7.40. The van der Waals surface area contributed by atoms with Crippen LogP contribution in [0.2, 0.25) is 0 Å². The zero-order valence-electron chi connectivity index (χ0n) is 15.5. The van der Waals surface area contributed by atoms with E-state index in [-0.39, 0.29) is 13.0 Å². The summed E-state index contributed by atoms with van der Waals surface area (Å²) in [7, 11) is 0. The fraction of sp³-hybridized carbons (Fsp3) is 0.526. The van der Waals surface area contributed by atoms with Crippen molar-refractivity contribution in [3.8, 4) is 0 Å². The molecule has 0 unspecified atom stereocenters. The molecular weight excluding hydrogens is 368 g/mol. The maximum Gasteiger partial charge on any atom is 0.267 e. The first-order valence-electron chi connectivity index (χ1n) is 9.42. The molecule has 7 nitrogen and oxygen atoms in total. The Bertz CT molecular complexity index is 878. The Kier molecular flexibility index (Phi) is 5.01. The van der Waals surface area contributed by atoms with Gasteiger partial charge < -0.3 is 19.9 Å². The van der Waals surface area contributed by atoms with Crippen LogP contribution in [0.4, 0.5) is 14.6 Å². The highest BCUT2D eigenvalue weighted by Gasteiger charge is 2.42. The van der Waals surface area contributed by atoms with Crippen LogP contribution in [0.1, 0.15) is 30.7 Å². The topological polar surface area (TPSA) is 83.1 Å². The normalized spacial score (nSPS) is 22.9. The van der Waals surface area contributed by atoms with E-state index in [1.54, 1.807) is 0 Å². The molecule has 0 saturated carbocycles. The minimum Gasteiger partial charge on any atom is -0.381 e. The average molecular weight is 391 g/mol. The first-order chi connectivity index (χ1) is 13.5. The Labute approximate surface area is 161 Å². The molecule has 0 bridgehead atoms. The summed E-state index contributed by atoms with van der Waals surface area (Å²) in [5.74, 6) is -2.65. The molecule has 2 aliphatic heterocycles. The average Bonchev–Trinajstić information content (AvgIpc) is 3.12. The summed E-state index contributed by atoms with van der Waals surface area (Å²) in [5.41, 5.74) is 1.74. The van der Waals surface area contributed by atoms with Crippen molar-refractivity contribution in [2.45, 2.75) is 37.1 Å². The number of ether oxygens (including phenoxy) is 1. The van der Waals surface area contributed by atoms with Crippen molar-refractivity contribution in [2.24, 2.45) is 0 Å². The molecule has 2 aromatic rings. The number of nitrogens with zero attached hydrogens (tertiary/aromatic N) is 3. The summed E-state index contributed by atoms with van der Waals surface area (Å²) in [6.07, 6.45) is 5.81. The number of anilines is 1. The third kappa shape index (κ3) is 3.71. The van der Waals surface area contributed by atoms with Gasteiger partial charge in [-0.2, -0.15) is 0 Å². The molecular formula is C19H23F2N5O2. The van der Waals surface area contributed by atoms with E-state index in [9.17, 15) is 13.6 Å². The molecule has 0 radical (unpaired) electrons. The number of piperidine rings is 1. The summed E-state index contributed by atoms with van der Waals surface area (Å²) in [4.78, 5) is 24.8. The lowest BCUT2D eigenvalue weighted by Gasteiger charge is -2.37. The number of hydrogen-bond donors (Lipinski definition) is 2. The van der Waals surface area contributed by atoms with Gasteiger partial charge >= 0.3 is 0 Å². The van der Waals surface area contributed by atoms with Gasteiger partial charge in [-0.3, -0.25) is 4.79 Å². The van der Waals surface area contributed by atoms with E-state index >= 15 is 0 Å². The van der Waals surface area contributed by atoms with Gasteiger partial charge in [-0.15, -0.1) is 0 Å². The monoisotopic (exact) mass is 391 g/mol. The molecule has 1 atom stereocenters. The third-order valence-electron chi connectivity index (χ3n) is 5.40. The SMILES string of the molecule is C=CC(=O)N1C[C@H](Nc2ncnc3[nH]cc(C4CCOCC4)c23)CC(F)(F)C1. The second kappa shape index (κ2) is 7.46. The maximum absolute atomic E-state index is 14.2. The molecule has 4 heterocycles. The lowest BCUT2D eigenvalue weighted by molar-refractivity contribution is -0.137. The van der Waals surface area contributed by atoms with Crippen LogP contribution in [-0.2, 0) is 9.53 Å². The number of aromatic nitrogens is 3. The van der Waals surface area contributed by atoms with Gasteiger partial charge in [-0.25, -0.2) is 18.7 Å². The maximum atomic E-state index is 14.2. The number of carbonyl (C=O) groups is 1. The molecule has 2 fully saturated rings. The summed E-state index contributed by atoms with van der Waals surface area (Å²) < 4.78 is 33.9. The van der Waals surface area contributed by atoms with E-state index in [2.05, 4.69) is 26.8 Å². The van der Waals surface area contributed by atoms with E-state index in [1.807, 2.05) is 6.20 Å². The number of fused-ring (bicyclic) bond motifs is 1. The Hall–Kier alpha value is -2.55. The molecule has 1 amide bonds. The highest BCUT2D eigenvalue weighted by atomic mass is 19.3. The van der Waals surface area contributed by atoms with Crippen molar-refractivity contribution in [1.82, 2.24) is 19.9 Å². The van der Waals surface area contributed by atoms with Gasteiger partial charge in [0.15, 0.2) is 0 Å². The third-order valence-corrected chi connectivity index (χ3v) is 5.40. The first-order valence-corrected chi connectivity index (χ1v) is 9.42. The number of halogens is 2. The minimum atomic E-state index is -2.97. The van der Waals surface area contributed by atoms with E-state index in [1.165, 1.54) is 6.33 Å². The van der Waals surface area contributed by atoms with Crippen LogP contribution >= 0.6 is 0 Å². The predicted molar refractivity (Wildman–Crippen MR) is 100 cm³/mol. The number of nitrogens with one attached hydrogen (secondary N) is 2. The number of rotatable bonds is 4. The minimum absolute atomic E-state index is 0.170. The Morgan fingerprint density at radius 1 is 1.39 bits per heavy atom. The summed E-state index contributed by atoms with van der Waals surface area (Å²) >= 11 is 0. The first kappa shape index (κ1) is 18.8. The van der Waals surface area contributed by atoms with Crippen LogP contribution < -0.4 is 5.32 Å². The summed E-state index contributed by atoms with van der Waals surface area (Å²) in [6, 6.07) is -0.622. The molecule has 0 aliphatic carbocycles. The Morgan fingerprint density at radius 2 is 2.18 bits per heavy atom. The molecule has 150 valence electrons. The number of carbonyl (C=O) groups excluding carboxylic acids is 1. The van der Waals surface area contributed by atoms with Crippen molar-refractivity contribution < 1.29 is 18.3 Å². The van der Waals surface area contributed by atoms with Crippen LogP contribution in [-0.4, -0.2) is 64.0 Å². The number of H-pyrrole nitrogens is 1. The zero-order valence-corrected chi connectivity index (χ0v) is 15.5. The van der Waals surface area contributed by atoms with Crippen LogP contribution in [0.25, 0.3) is 11.0 Å². The van der Waals surface area contributed by atoms with Crippen LogP contribution in [0.5, 0.6) is 0 Å². The number of amides is 1. The zero-order chi connectivity index (χ0) is 19.7. The molecule has 2 N–H and O–H groups in total. The van der Waals surface area contributed by atoms with Crippen molar-refractivity contribution >= 4 is 22.8 Å². The number of alkyl halides is 2. The molecule has 9 heteroatoms. The molecule has 2 aliphatic rings.